The topological polar surface area (TPSA) is 84.7 Å². The predicted octanol–water partition coefficient (Wildman–Crippen LogP) is 3.76. The van der Waals surface area contributed by atoms with Gasteiger partial charge in [-0.15, -0.1) is 0 Å². The molecule has 0 saturated carbocycles. The van der Waals surface area contributed by atoms with Crippen molar-refractivity contribution in [1.82, 2.24) is 19.6 Å². The number of ether oxygens (including phenoxy) is 1. The maximum absolute atomic E-state index is 11.0. The van der Waals surface area contributed by atoms with Gasteiger partial charge in [0.05, 0.1) is 48.0 Å². The highest BCUT2D eigenvalue weighted by atomic mass is 35.5. The van der Waals surface area contributed by atoms with Crippen LogP contribution in [-0.2, 0) is 11.2 Å². The first-order valence-corrected chi connectivity index (χ1v) is 10.2. The zero-order valence-electron chi connectivity index (χ0n) is 16.7. The number of anilines is 3. The number of benzene rings is 1. The molecule has 1 aromatic carbocycles. The summed E-state index contributed by atoms with van der Waals surface area (Å²) in [6, 6.07) is 9.77. The van der Waals surface area contributed by atoms with Gasteiger partial charge in [0.1, 0.15) is 12.0 Å². The average molecular weight is 435 g/mol. The minimum atomic E-state index is 0.356. The Balaban J connectivity index is 1.53. The molecule has 9 heteroatoms. The smallest absolute Gasteiger partial charge is 0.227 e. The maximum Gasteiger partial charge on any atom is 0.227 e. The molecule has 0 amide bonds. The predicted molar refractivity (Wildman–Crippen MR) is 119 cm³/mol. The second-order valence-electron chi connectivity index (χ2n) is 7.15. The minimum Gasteiger partial charge on any atom is -0.495 e. The van der Waals surface area contributed by atoms with Crippen molar-refractivity contribution in [2.24, 2.45) is 0 Å². The number of hydrogen-bond acceptors (Lipinski definition) is 7. The number of rotatable bonds is 6. The molecule has 31 heavy (non-hydrogen) atoms. The van der Waals surface area contributed by atoms with E-state index in [0.29, 0.717) is 34.6 Å². The lowest BCUT2D eigenvalue weighted by Crippen LogP contribution is -2.22. The number of nitrogens with one attached hydrogen (secondary N) is 1. The van der Waals surface area contributed by atoms with Gasteiger partial charge in [0, 0.05) is 24.0 Å². The lowest BCUT2D eigenvalue weighted by Gasteiger charge is -2.18. The number of aromatic nitrogens is 4. The van der Waals surface area contributed by atoms with Crippen molar-refractivity contribution in [3.63, 3.8) is 0 Å². The van der Waals surface area contributed by atoms with Crippen molar-refractivity contribution < 1.29 is 9.53 Å². The number of pyridine rings is 1. The van der Waals surface area contributed by atoms with Gasteiger partial charge < -0.3 is 19.7 Å². The summed E-state index contributed by atoms with van der Waals surface area (Å²) in [6.45, 7) is 1.16. The molecule has 5 rings (SSSR count). The van der Waals surface area contributed by atoms with E-state index in [1.165, 1.54) is 0 Å². The summed E-state index contributed by atoms with van der Waals surface area (Å²) in [4.78, 5) is 22.1. The molecule has 4 aromatic rings. The highest BCUT2D eigenvalue weighted by Crippen LogP contribution is 2.38. The normalized spacial score (nSPS) is 12.8. The number of carbonyl (C=O) groups is 1. The Kier molecular flexibility index (Phi) is 4.91. The van der Waals surface area contributed by atoms with Gasteiger partial charge >= 0.3 is 0 Å². The molecule has 4 heterocycles. The maximum atomic E-state index is 11.0. The van der Waals surface area contributed by atoms with Crippen LogP contribution in [0.1, 0.15) is 5.56 Å². The van der Waals surface area contributed by atoms with Gasteiger partial charge in [-0.05, 0) is 36.2 Å². The van der Waals surface area contributed by atoms with Crippen molar-refractivity contribution >= 4 is 40.7 Å². The molecule has 0 saturated heterocycles. The summed E-state index contributed by atoms with van der Waals surface area (Å²) in [5.74, 6) is 1.07. The van der Waals surface area contributed by atoms with Crippen molar-refractivity contribution in [1.29, 1.82) is 0 Å². The van der Waals surface area contributed by atoms with E-state index in [4.69, 9.17) is 16.3 Å². The standard InChI is InChI=1S/C22H19ClN6O2/c1-31-20-10-14-5-7-28(8-9-30)19(14)11-17(20)26-22-24-13-16(23)21(27-22)15-12-25-29-6-3-2-4-18(15)29/h2-4,6,9-13H,5,7-8H2,1H3,(H,24,26,27). The van der Waals surface area contributed by atoms with Gasteiger partial charge in [-0.25, -0.2) is 14.5 Å². The molecule has 0 atom stereocenters. The monoisotopic (exact) mass is 434 g/mol. The van der Waals surface area contributed by atoms with Crippen molar-refractivity contribution in [3.8, 4) is 17.0 Å². The van der Waals surface area contributed by atoms with E-state index in [1.54, 1.807) is 24.0 Å². The largest absolute Gasteiger partial charge is 0.495 e. The van der Waals surface area contributed by atoms with Crippen LogP contribution in [0.2, 0.25) is 5.02 Å². The number of methoxy groups -OCH3 is 1. The van der Waals surface area contributed by atoms with Gasteiger partial charge in [-0.2, -0.15) is 5.10 Å². The number of fused-ring (bicyclic) bond motifs is 2. The molecule has 0 spiro atoms. The molecule has 0 radical (unpaired) electrons. The van der Waals surface area contributed by atoms with Crippen LogP contribution in [0.4, 0.5) is 17.3 Å². The lowest BCUT2D eigenvalue weighted by molar-refractivity contribution is -0.106. The van der Waals surface area contributed by atoms with Gasteiger partial charge in [-0.1, -0.05) is 17.7 Å². The molecule has 3 aromatic heterocycles. The first-order valence-electron chi connectivity index (χ1n) is 9.79. The quantitative estimate of drug-likeness (QED) is 0.462. The van der Waals surface area contributed by atoms with Crippen LogP contribution >= 0.6 is 11.6 Å². The molecule has 0 fully saturated rings. The van der Waals surface area contributed by atoms with E-state index in [2.05, 4.69) is 20.4 Å². The van der Waals surface area contributed by atoms with E-state index in [9.17, 15) is 4.79 Å². The second kappa shape index (κ2) is 7.88. The molecule has 8 nitrogen and oxygen atoms in total. The van der Waals surface area contributed by atoms with Gasteiger partial charge in [0.15, 0.2) is 0 Å². The third-order valence-electron chi connectivity index (χ3n) is 5.36. The van der Waals surface area contributed by atoms with E-state index in [1.807, 2.05) is 41.4 Å². The zero-order chi connectivity index (χ0) is 21.4. The average Bonchev–Trinajstić information content (AvgIpc) is 3.39. The van der Waals surface area contributed by atoms with Gasteiger partial charge in [0.2, 0.25) is 5.95 Å². The Morgan fingerprint density at radius 3 is 3.03 bits per heavy atom. The fraction of sp³-hybridized carbons (Fsp3) is 0.182. The number of nitrogens with zero attached hydrogens (tertiary/aromatic N) is 5. The molecule has 0 unspecified atom stereocenters. The SMILES string of the molecule is COc1cc2c(cc1Nc1ncc(Cl)c(-c3cnn4ccccc34)n1)N(CC=O)CC2. The van der Waals surface area contributed by atoms with Crippen LogP contribution in [0.5, 0.6) is 5.75 Å². The molecular formula is C22H19ClN6O2. The summed E-state index contributed by atoms with van der Waals surface area (Å²) in [7, 11) is 1.62. The summed E-state index contributed by atoms with van der Waals surface area (Å²) >= 11 is 6.43. The van der Waals surface area contributed by atoms with Crippen molar-refractivity contribution in [2.45, 2.75) is 6.42 Å². The van der Waals surface area contributed by atoms with E-state index in [-0.39, 0.29) is 0 Å². The minimum absolute atomic E-state index is 0.356. The Bertz CT molecular complexity index is 1290. The summed E-state index contributed by atoms with van der Waals surface area (Å²) in [5.41, 5.74) is 5.17. The molecule has 1 aliphatic rings. The van der Waals surface area contributed by atoms with Crippen LogP contribution in [-0.4, -0.2) is 46.1 Å². The highest BCUT2D eigenvalue weighted by molar-refractivity contribution is 6.33. The Morgan fingerprint density at radius 1 is 1.29 bits per heavy atom. The third-order valence-corrected chi connectivity index (χ3v) is 5.64. The Labute approximate surface area is 183 Å². The van der Waals surface area contributed by atoms with Crippen LogP contribution in [0.15, 0.2) is 48.9 Å². The summed E-state index contributed by atoms with van der Waals surface area (Å²) in [6.07, 6.45) is 6.96. The molecule has 0 bridgehead atoms. The van der Waals surface area contributed by atoms with Crippen molar-refractivity contribution in [3.05, 3.63) is 59.5 Å². The molecule has 156 valence electrons. The number of halogens is 1. The zero-order valence-corrected chi connectivity index (χ0v) is 17.5. The van der Waals surface area contributed by atoms with Crippen LogP contribution in [0.25, 0.3) is 16.8 Å². The summed E-state index contributed by atoms with van der Waals surface area (Å²) < 4.78 is 7.35. The molecule has 1 aliphatic heterocycles. The Hall–Kier alpha value is -3.65. The lowest BCUT2D eigenvalue weighted by atomic mass is 10.1. The Morgan fingerprint density at radius 2 is 2.19 bits per heavy atom. The van der Waals surface area contributed by atoms with Crippen LogP contribution in [0, 0.1) is 0 Å². The number of hydrogen-bond donors (Lipinski definition) is 1. The van der Waals surface area contributed by atoms with E-state index < -0.39 is 0 Å². The van der Waals surface area contributed by atoms with Gasteiger partial charge in [-0.3, -0.25) is 0 Å². The van der Waals surface area contributed by atoms with Crippen LogP contribution < -0.4 is 15.0 Å². The van der Waals surface area contributed by atoms with Gasteiger partial charge in [0.25, 0.3) is 0 Å². The second-order valence-corrected chi connectivity index (χ2v) is 7.55. The fourth-order valence-electron chi connectivity index (χ4n) is 3.88. The first kappa shape index (κ1) is 19.3. The van der Waals surface area contributed by atoms with Crippen molar-refractivity contribution in [2.75, 3.05) is 30.4 Å². The molecular weight excluding hydrogens is 416 g/mol. The molecule has 1 N–H and O–H groups in total. The number of carbonyl (C=O) groups excluding carboxylic acids is 1. The van der Waals surface area contributed by atoms with Crippen LogP contribution in [0.3, 0.4) is 0 Å². The third kappa shape index (κ3) is 3.44. The fourth-order valence-corrected chi connectivity index (χ4v) is 4.07. The number of aldehydes is 1. The summed E-state index contributed by atoms with van der Waals surface area (Å²) in [5, 5.41) is 8.04. The first-order chi connectivity index (χ1) is 15.2. The molecule has 0 aliphatic carbocycles. The van der Waals surface area contributed by atoms with E-state index in [0.717, 1.165) is 41.6 Å². The highest BCUT2D eigenvalue weighted by Gasteiger charge is 2.22. The van der Waals surface area contributed by atoms with E-state index >= 15 is 0 Å².